The van der Waals surface area contributed by atoms with Crippen LogP contribution in [0.5, 0.6) is 5.75 Å². The van der Waals surface area contributed by atoms with E-state index in [0.717, 1.165) is 10.8 Å². The smallest absolute Gasteiger partial charge is 0.275 e. The molecule has 2 rings (SSSR count). The van der Waals surface area contributed by atoms with Crippen LogP contribution in [-0.4, -0.2) is 17.0 Å². The molecule has 0 radical (unpaired) electrons. The van der Waals surface area contributed by atoms with E-state index in [2.05, 4.69) is 10.3 Å². The van der Waals surface area contributed by atoms with Crippen molar-refractivity contribution in [3.05, 3.63) is 40.3 Å². The number of carbonyl (C=O) groups excluding carboxylic acids is 1. The molecule has 1 aromatic heterocycles. The van der Waals surface area contributed by atoms with E-state index < -0.39 is 0 Å². The third-order valence-corrected chi connectivity index (χ3v) is 3.31. The molecule has 0 aliphatic heterocycles. The summed E-state index contributed by atoms with van der Waals surface area (Å²) < 4.78 is 5.54. The Balaban J connectivity index is 2.00. The molecule has 2 aromatic rings. The summed E-state index contributed by atoms with van der Waals surface area (Å²) in [6.45, 7) is 4.28. The van der Waals surface area contributed by atoms with Crippen LogP contribution in [0.25, 0.3) is 0 Å². The van der Waals surface area contributed by atoms with Crippen molar-refractivity contribution in [2.75, 3.05) is 5.32 Å². The molecule has 0 atom stereocenters. The number of hydrogen-bond donors (Lipinski definition) is 2. The van der Waals surface area contributed by atoms with Gasteiger partial charge < -0.3 is 15.8 Å². The first-order chi connectivity index (χ1) is 9.58. The maximum Gasteiger partial charge on any atom is 0.275 e. The van der Waals surface area contributed by atoms with Gasteiger partial charge in [-0.1, -0.05) is 0 Å². The number of anilines is 1. The highest BCUT2D eigenvalue weighted by molar-refractivity contribution is 7.09. The Morgan fingerprint density at radius 2 is 2.10 bits per heavy atom. The molecule has 6 heteroatoms. The van der Waals surface area contributed by atoms with Crippen LogP contribution in [0, 0.1) is 0 Å². The number of amides is 1. The maximum atomic E-state index is 12.0. The molecule has 0 spiro atoms. The van der Waals surface area contributed by atoms with Gasteiger partial charge in [-0.3, -0.25) is 4.79 Å². The number of nitrogens with two attached hydrogens (primary N) is 1. The average Bonchev–Trinajstić information content (AvgIpc) is 2.89. The van der Waals surface area contributed by atoms with Crippen LogP contribution in [0.2, 0.25) is 0 Å². The monoisotopic (exact) mass is 291 g/mol. The summed E-state index contributed by atoms with van der Waals surface area (Å²) in [6.07, 6.45) is 0.125. The molecule has 0 saturated heterocycles. The van der Waals surface area contributed by atoms with E-state index >= 15 is 0 Å². The first-order valence-corrected chi connectivity index (χ1v) is 7.19. The highest BCUT2D eigenvalue weighted by Gasteiger charge is 2.10. The Hall–Kier alpha value is -1.92. The van der Waals surface area contributed by atoms with Crippen molar-refractivity contribution < 1.29 is 9.53 Å². The van der Waals surface area contributed by atoms with Crippen LogP contribution in [0.4, 0.5) is 5.69 Å². The van der Waals surface area contributed by atoms with E-state index in [4.69, 9.17) is 10.5 Å². The number of benzene rings is 1. The molecule has 0 unspecified atom stereocenters. The Kier molecular flexibility index (Phi) is 4.70. The van der Waals surface area contributed by atoms with Crippen molar-refractivity contribution >= 4 is 22.9 Å². The first-order valence-electron chi connectivity index (χ1n) is 6.31. The van der Waals surface area contributed by atoms with Crippen molar-refractivity contribution in [1.29, 1.82) is 0 Å². The lowest BCUT2D eigenvalue weighted by Crippen LogP contribution is -2.12. The number of thiazole rings is 1. The second-order valence-corrected chi connectivity index (χ2v) is 5.42. The standard InChI is InChI=1S/C14H17N3O2S/c1-9(2)19-11-5-3-10(4-6-11)16-14(18)12-8-20-13(7-15)17-12/h3-6,8-9H,7,15H2,1-2H3,(H,16,18). The second-order valence-electron chi connectivity index (χ2n) is 4.48. The van der Waals surface area contributed by atoms with Gasteiger partial charge in [0.2, 0.25) is 0 Å². The summed E-state index contributed by atoms with van der Waals surface area (Å²) in [5, 5.41) is 5.23. The van der Waals surface area contributed by atoms with Gasteiger partial charge in [0.1, 0.15) is 16.5 Å². The number of ether oxygens (including phenoxy) is 1. The predicted octanol–water partition coefficient (Wildman–Crippen LogP) is 2.64. The summed E-state index contributed by atoms with van der Waals surface area (Å²) in [5.74, 6) is 0.538. The molecule has 20 heavy (non-hydrogen) atoms. The van der Waals surface area contributed by atoms with Gasteiger partial charge in [-0.2, -0.15) is 0 Å². The van der Waals surface area contributed by atoms with Crippen LogP contribution in [-0.2, 0) is 6.54 Å². The van der Waals surface area contributed by atoms with Gasteiger partial charge in [0.15, 0.2) is 0 Å². The number of nitrogens with one attached hydrogen (secondary N) is 1. The molecule has 1 heterocycles. The molecular formula is C14H17N3O2S. The van der Waals surface area contributed by atoms with E-state index in [-0.39, 0.29) is 12.0 Å². The van der Waals surface area contributed by atoms with E-state index in [1.807, 2.05) is 26.0 Å². The molecule has 0 aliphatic carbocycles. The zero-order valence-corrected chi connectivity index (χ0v) is 12.2. The maximum absolute atomic E-state index is 12.0. The largest absolute Gasteiger partial charge is 0.491 e. The van der Waals surface area contributed by atoms with E-state index in [1.54, 1.807) is 17.5 Å². The number of rotatable bonds is 5. The predicted molar refractivity (Wildman–Crippen MR) is 80.2 cm³/mol. The third kappa shape index (κ3) is 3.79. The summed E-state index contributed by atoms with van der Waals surface area (Å²) >= 11 is 1.38. The minimum atomic E-state index is -0.238. The summed E-state index contributed by atoms with van der Waals surface area (Å²) in [4.78, 5) is 16.1. The summed E-state index contributed by atoms with van der Waals surface area (Å²) in [7, 11) is 0. The van der Waals surface area contributed by atoms with Gasteiger partial charge in [-0.15, -0.1) is 11.3 Å². The minimum Gasteiger partial charge on any atom is -0.491 e. The lowest BCUT2D eigenvalue weighted by molar-refractivity contribution is 0.102. The number of aromatic nitrogens is 1. The topological polar surface area (TPSA) is 77.2 Å². The Morgan fingerprint density at radius 1 is 1.40 bits per heavy atom. The molecule has 3 N–H and O–H groups in total. The number of hydrogen-bond acceptors (Lipinski definition) is 5. The first kappa shape index (κ1) is 14.5. The van der Waals surface area contributed by atoms with E-state index in [0.29, 0.717) is 17.9 Å². The fraction of sp³-hybridized carbons (Fsp3) is 0.286. The zero-order chi connectivity index (χ0) is 14.5. The SMILES string of the molecule is CC(C)Oc1ccc(NC(=O)c2csc(CN)n2)cc1. The molecule has 1 aromatic carbocycles. The average molecular weight is 291 g/mol. The van der Waals surface area contributed by atoms with Crippen LogP contribution < -0.4 is 15.8 Å². The van der Waals surface area contributed by atoms with Crippen molar-refractivity contribution in [1.82, 2.24) is 4.98 Å². The van der Waals surface area contributed by atoms with Gasteiger partial charge >= 0.3 is 0 Å². The molecular weight excluding hydrogens is 274 g/mol. The van der Waals surface area contributed by atoms with Crippen molar-refractivity contribution in [3.8, 4) is 5.75 Å². The molecule has 0 aliphatic rings. The Labute approximate surface area is 121 Å². The highest BCUT2D eigenvalue weighted by atomic mass is 32.1. The highest BCUT2D eigenvalue weighted by Crippen LogP contribution is 2.18. The normalized spacial score (nSPS) is 10.6. The van der Waals surface area contributed by atoms with Crippen LogP contribution in [0.15, 0.2) is 29.6 Å². The summed E-state index contributed by atoms with van der Waals surface area (Å²) in [6, 6.07) is 7.24. The Morgan fingerprint density at radius 3 is 2.65 bits per heavy atom. The number of carbonyl (C=O) groups is 1. The number of nitrogens with zero attached hydrogens (tertiary/aromatic N) is 1. The lowest BCUT2D eigenvalue weighted by atomic mass is 10.3. The lowest BCUT2D eigenvalue weighted by Gasteiger charge is -2.10. The van der Waals surface area contributed by atoms with Crippen LogP contribution >= 0.6 is 11.3 Å². The molecule has 0 bridgehead atoms. The molecule has 106 valence electrons. The van der Waals surface area contributed by atoms with Crippen LogP contribution in [0.3, 0.4) is 0 Å². The van der Waals surface area contributed by atoms with Crippen molar-refractivity contribution in [3.63, 3.8) is 0 Å². The second kappa shape index (κ2) is 6.49. The molecule has 5 nitrogen and oxygen atoms in total. The fourth-order valence-electron chi connectivity index (χ4n) is 1.59. The van der Waals surface area contributed by atoms with Gasteiger partial charge in [-0.25, -0.2) is 4.98 Å². The summed E-state index contributed by atoms with van der Waals surface area (Å²) in [5.41, 5.74) is 6.56. The molecule has 1 amide bonds. The van der Waals surface area contributed by atoms with Crippen molar-refractivity contribution in [2.45, 2.75) is 26.5 Å². The van der Waals surface area contributed by atoms with Crippen LogP contribution in [0.1, 0.15) is 29.3 Å². The minimum absolute atomic E-state index is 0.125. The Bertz CT molecular complexity index is 578. The van der Waals surface area contributed by atoms with Crippen molar-refractivity contribution in [2.24, 2.45) is 5.73 Å². The molecule has 0 fully saturated rings. The van der Waals surface area contributed by atoms with E-state index in [1.165, 1.54) is 11.3 Å². The van der Waals surface area contributed by atoms with E-state index in [9.17, 15) is 4.79 Å². The fourth-order valence-corrected chi connectivity index (χ4v) is 2.25. The quantitative estimate of drug-likeness (QED) is 0.887. The van der Waals surface area contributed by atoms with Gasteiger partial charge in [0.25, 0.3) is 5.91 Å². The van der Waals surface area contributed by atoms with Gasteiger partial charge in [0, 0.05) is 17.6 Å². The van der Waals surface area contributed by atoms with Gasteiger partial charge in [-0.05, 0) is 38.1 Å². The third-order valence-electron chi connectivity index (χ3n) is 2.44. The molecule has 0 saturated carbocycles. The zero-order valence-electron chi connectivity index (χ0n) is 11.4. The van der Waals surface area contributed by atoms with Gasteiger partial charge in [0.05, 0.1) is 6.10 Å².